The molecule has 0 aliphatic carbocycles. The van der Waals surface area contributed by atoms with E-state index in [2.05, 4.69) is 10.3 Å². The van der Waals surface area contributed by atoms with Gasteiger partial charge in [0.2, 0.25) is 0 Å². The van der Waals surface area contributed by atoms with Crippen molar-refractivity contribution in [3.05, 3.63) is 41.1 Å². The molecule has 2 rings (SSSR count). The fourth-order valence-corrected chi connectivity index (χ4v) is 1.84. The van der Waals surface area contributed by atoms with E-state index in [4.69, 9.17) is 16.0 Å². The third kappa shape index (κ3) is 2.89. The highest BCUT2D eigenvalue weighted by atomic mass is 35.5. The Morgan fingerprint density at radius 2 is 2.22 bits per heavy atom. The zero-order chi connectivity index (χ0) is 13.1. The van der Waals surface area contributed by atoms with Crippen molar-refractivity contribution in [2.75, 3.05) is 0 Å². The molecule has 96 valence electrons. The van der Waals surface area contributed by atoms with Crippen LogP contribution in [0.4, 0.5) is 4.39 Å². The van der Waals surface area contributed by atoms with Crippen molar-refractivity contribution in [1.82, 2.24) is 10.3 Å². The number of oxazole rings is 1. The Labute approximate surface area is 110 Å². The molecule has 2 aromatic rings. The van der Waals surface area contributed by atoms with Gasteiger partial charge in [0.1, 0.15) is 11.5 Å². The fraction of sp³-hybridized carbons (Fsp3) is 0.308. The van der Waals surface area contributed by atoms with Gasteiger partial charge in [0, 0.05) is 18.2 Å². The van der Waals surface area contributed by atoms with Crippen LogP contribution in [0, 0.1) is 5.82 Å². The zero-order valence-electron chi connectivity index (χ0n) is 10.2. The molecule has 0 radical (unpaired) electrons. The van der Waals surface area contributed by atoms with Gasteiger partial charge in [-0.05, 0) is 18.2 Å². The molecule has 0 saturated carbocycles. The van der Waals surface area contributed by atoms with Crippen molar-refractivity contribution in [3.63, 3.8) is 0 Å². The van der Waals surface area contributed by atoms with Crippen LogP contribution in [-0.2, 0) is 6.54 Å². The molecule has 1 aromatic carbocycles. The van der Waals surface area contributed by atoms with Crippen LogP contribution >= 0.6 is 11.6 Å². The monoisotopic (exact) mass is 268 g/mol. The summed E-state index contributed by atoms with van der Waals surface area (Å²) in [5.41, 5.74) is 1.41. The second-order valence-electron chi connectivity index (χ2n) is 4.29. The molecular formula is C13H14ClFN2O. The lowest BCUT2D eigenvalue weighted by Crippen LogP contribution is -2.22. The second-order valence-corrected chi connectivity index (χ2v) is 4.70. The standard InChI is InChI=1S/C13H14ClFN2O/c1-8(2)16-6-12-13(18-7-17-12)10-4-3-9(15)5-11(10)14/h3-5,7-8,16H,6H2,1-2H3. The number of hydrogen-bond donors (Lipinski definition) is 1. The van der Waals surface area contributed by atoms with E-state index >= 15 is 0 Å². The number of aromatic nitrogens is 1. The molecule has 5 heteroatoms. The number of hydrogen-bond acceptors (Lipinski definition) is 3. The van der Waals surface area contributed by atoms with Crippen molar-refractivity contribution >= 4 is 11.6 Å². The lowest BCUT2D eigenvalue weighted by molar-refractivity contribution is 0.562. The second kappa shape index (κ2) is 5.50. The Bertz CT molecular complexity index is 540. The lowest BCUT2D eigenvalue weighted by atomic mass is 10.1. The molecule has 0 atom stereocenters. The number of nitrogens with zero attached hydrogens (tertiary/aromatic N) is 1. The molecule has 0 spiro atoms. The van der Waals surface area contributed by atoms with Gasteiger partial charge in [-0.1, -0.05) is 25.4 Å². The number of rotatable bonds is 4. The summed E-state index contributed by atoms with van der Waals surface area (Å²) >= 11 is 6.01. The average molecular weight is 269 g/mol. The van der Waals surface area contributed by atoms with E-state index in [-0.39, 0.29) is 5.82 Å². The lowest BCUT2D eigenvalue weighted by Gasteiger charge is -2.07. The van der Waals surface area contributed by atoms with E-state index < -0.39 is 0 Å². The van der Waals surface area contributed by atoms with Crippen molar-refractivity contribution in [2.24, 2.45) is 0 Å². The summed E-state index contributed by atoms with van der Waals surface area (Å²) in [6.07, 6.45) is 1.37. The van der Waals surface area contributed by atoms with Crippen LogP contribution in [0.15, 0.2) is 29.0 Å². The van der Waals surface area contributed by atoms with Gasteiger partial charge in [-0.2, -0.15) is 0 Å². The van der Waals surface area contributed by atoms with Crippen LogP contribution in [0.1, 0.15) is 19.5 Å². The minimum atomic E-state index is -0.370. The van der Waals surface area contributed by atoms with E-state index in [1.165, 1.54) is 18.5 Å². The largest absolute Gasteiger partial charge is 0.443 e. The molecule has 0 saturated heterocycles. The van der Waals surface area contributed by atoms with Crippen molar-refractivity contribution in [1.29, 1.82) is 0 Å². The smallest absolute Gasteiger partial charge is 0.181 e. The molecule has 0 bridgehead atoms. The van der Waals surface area contributed by atoms with Gasteiger partial charge in [-0.15, -0.1) is 0 Å². The molecule has 0 aliphatic heterocycles. The zero-order valence-corrected chi connectivity index (χ0v) is 11.0. The van der Waals surface area contributed by atoms with Crippen LogP contribution in [0.5, 0.6) is 0 Å². The summed E-state index contributed by atoms with van der Waals surface area (Å²) in [5.74, 6) is 0.207. The Kier molecular flexibility index (Phi) is 3.99. The number of halogens is 2. The molecule has 0 unspecified atom stereocenters. The minimum Gasteiger partial charge on any atom is -0.443 e. The molecule has 18 heavy (non-hydrogen) atoms. The summed E-state index contributed by atoms with van der Waals surface area (Å²) in [5, 5.41) is 3.57. The van der Waals surface area contributed by atoms with E-state index in [9.17, 15) is 4.39 Å². The molecule has 0 fully saturated rings. The fourth-order valence-electron chi connectivity index (χ4n) is 1.59. The van der Waals surface area contributed by atoms with Gasteiger partial charge in [-0.3, -0.25) is 0 Å². The first kappa shape index (κ1) is 13.1. The predicted molar refractivity (Wildman–Crippen MR) is 68.9 cm³/mol. The first-order valence-corrected chi connectivity index (χ1v) is 6.07. The quantitative estimate of drug-likeness (QED) is 0.920. The Morgan fingerprint density at radius 1 is 1.44 bits per heavy atom. The summed E-state index contributed by atoms with van der Waals surface area (Å²) in [6.45, 7) is 4.67. The first-order chi connectivity index (χ1) is 8.58. The molecule has 1 heterocycles. The highest BCUT2D eigenvalue weighted by molar-refractivity contribution is 6.33. The van der Waals surface area contributed by atoms with Crippen LogP contribution in [0.3, 0.4) is 0 Å². The van der Waals surface area contributed by atoms with E-state index in [0.717, 1.165) is 5.69 Å². The normalized spacial score (nSPS) is 11.2. The number of nitrogens with one attached hydrogen (secondary N) is 1. The summed E-state index contributed by atoms with van der Waals surface area (Å²) in [7, 11) is 0. The third-order valence-corrected chi connectivity index (χ3v) is 2.81. The molecule has 0 amide bonds. The van der Waals surface area contributed by atoms with Crippen molar-refractivity contribution < 1.29 is 8.81 Å². The predicted octanol–water partition coefficient (Wildman–Crippen LogP) is 3.63. The van der Waals surface area contributed by atoms with Gasteiger partial charge < -0.3 is 9.73 Å². The van der Waals surface area contributed by atoms with Gasteiger partial charge in [-0.25, -0.2) is 9.37 Å². The van der Waals surface area contributed by atoms with Gasteiger partial charge in [0.15, 0.2) is 12.2 Å². The molecular weight excluding hydrogens is 255 g/mol. The Hall–Kier alpha value is -1.39. The highest BCUT2D eigenvalue weighted by Crippen LogP contribution is 2.30. The van der Waals surface area contributed by atoms with Crippen molar-refractivity contribution in [2.45, 2.75) is 26.4 Å². The number of benzene rings is 1. The van der Waals surface area contributed by atoms with Crippen LogP contribution < -0.4 is 5.32 Å². The Balaban J connectivity index is 2.30. The van der Waals surface area contributed by atoms with E-state index in [0.29, 0.717) is 28.9 Å². The van der Waals surface area contributed by atoms with E-state index in [1.54, 1.807) is 6.07 Å². The SMILES string of the molecule is CC(C)NCc1ncoc1-c1ccc(F)cc1Cl. The first-order valence-electron chi connectivity index (χ1n) is 5.69. The van der Waals surface area contributed by atoms with Crippen LogP contribution in [-0.4, -0.2) is 11.0 Å². The maximum Gasteiger partial charge on any atom is 0.181 e. The van der Waals surface area contributed by atoms with Crippen LogP contribution in [0.25, 0.3) is 11.3 Å². The van der Waals surface area contributed by atoms with Gasteiger partial charge in [0.25, 0.3) is 0 Å². The maximum absolute atomic E-state index is 13.0. The molecule has 0 aliphatic rings. The molecule has 1 aromatic heterocycles. The van der Waals surface area contributed by atoms with Crippen LogP contribution in [0.2, 0.25) is 5.02 Å². The molecule has 1 N–H and O–H groups in total. The summed E-state index contributed by atoms with van der Waals surface area (Å²) in [4.78, 5) is 4.15. The van der Waals surface area contributed by atoms with E-state index in [1.807, 2.05) is 13.8 Å². The summed E-state index contributed by atoms with van der Waals surface area (Å²) < 4.78 is 18.3. The summed E-state index contributed by atoms with van der Waals surface area (Å²) in [6, 6.07) is 4.55. The average Bonchev–Trinajstić information content (AvgIpc) is 2.74. The Morgan fingerprint density at radius 3 is 2.89 bits per heavy atom. The van der Waals surface area contributed by atoms with Gasteiger partial charge >= 0.3 is 0 Å². The third-order valence-electron chi connectivity index (χ3n) is 2.49. The van der Waals surface area contributed by atoms with Gasteiger partial charge in [0.05, 0.1) is 5.02 Å². The van der Waals surface area contributed by atoms with Crippen molar-refractivity contribution in [3.8, 4) is 11.3 Å². The highest BCUT2D eigenvalue weighted by Gasteiger charge is 2.14. The topological polar surface area (TPSA) is 38.1 Å². The molecule has 3 nitrogen and oxygen atoms in total. The maximum atomic E-state index is 13.0. The minimum absolute atomic E-state index is 0.317.